The third-order valence-electron chi connectivity index (χ3n) is 5.11. The minimum Gasteiger partial charge on any atom is -0.508 e. The van der Waals surface area contributed by atoms with Gasteiger partial charge in [-0.3, -0.25) is 4.79 Å². The number of ketones is 1. The lowest BCUT2D eigenvalue weighted by Crippen LogP contribution is -2.31. The molecular formula is C23H26O5. The molecule has 0 saturated carbocycles. The number of carbonyl (C=O) groups excluding carboxylic acids is 1. The zero-order valence-electron chi connectivity index (χ0n) is 16.5. The minimum atomic E-state index is -0.951. The molecule has 2 aliphatic rings. The maximum absolute atomic E-state index is 12.9. The number of phenols is 1. The number of allylic oxidation sites excluding steroid dienone is 2. The summed E-state index contributed by atoms with van der Waals surface area (Å²) in [6.45, 7) is 3.99. The molecule has 1 heterocycles. The summed E-state index contributed by atoms with van der Waals surface area (Å²) in [5.74, 6) is 6.04. The monoisotopic (exact) mass is 382 g/mol. The van der Waals surface area contributed by atoms with Crippen LogP contribution in [0.1, 0.15) is 38.7 Å². The van der Waals surface area contributed by atoms with Gasteiger partial charge in [0.2, 0.25) is 0 Å². The Hall–Kier alpha value is -2.71. The fourth-order valence-electron chi connectivity index (χ4n) is 3.39. The van der Waals surface area contributed by atoms with Gasteiger partial charge in [0.15, 0.2) is 5.78 Å². The second-order valence-electron chi connectivity index (χ2n) is 7.76. The molecule has 5 nitrogen and oxygen atoms in total. The molecule has 148 valence electrons. The molecular weight excluding hydrogens is 356 g/mol. The van der Waals surface area contributed by atoms with Crippen molar-refractivity contribution in [2.75, 3.05) is 7.11 Å². The molecule has 28 heavy (non-hydrogen) atoms. The third-order valence-corrected chi connectivity index (χ3v) is 5.11. The van der Waals surface area contributed by atoms with Crippen LogP contribution in [0.2, 0.25) is 0 Å². The maximum atomic E-state index is 12.9. The SMILES string of the molecule is CO/C1=C/C2=C(CCC(C)(C)O2)C(O)C#CC1C(=O)CCc1ccc(O)cc1. The second kappa shape index (κ2) is 8.12. The van der Waals surface area contributed by atoms with E-state index in [1.807, 2.05) is 13.8 Å². The van der Waals surface area contributed by atoms with E-state index < -0.39 is 12.0 Å². The fourth-order valence-corrected chi connectivity index (χ4v) is 3.39. The molecule has 2 atom stereocenters. The van der Waals surface area contributed by atoms with Crippen LogP contribution in [0.4, 0.5) is 0 Å². The molecule has 3 rings (SSSR count). The van der Waals surface area contributed by atoms with Gasteiger partial charge in [-0.15, -0.1) is 0 Å². The summed E-state index contributed by atoms with van der Waals surface area (Å²) in [6, 6.07) is 6.78. The molecule has 1 aliphatic heterocycles. The molecule has 0 aromatic heterocycles. The predicted octanol–water partition coefficient (Wildman–Crippen LogP) is 3.26. The maximum Gasteiger partial charge on any atom is 0.155 e. The number of aromatic hydroxyl groups is 1. The number of methoxy groups -OCH3 is 1. The van der Waals surface area contributed by atoms with Crippen molar-refractivity contribution in [3.8, 4) is 17.6 Å². The Morgan fingerprint density at radius 1 is 1.29 bits per heavy atom. The van der Waals surface area contributed by atoms with E-state index in [9.17, 15) is 15.0 Å². The van der Waals surface area contributed by atoms with Crippen LogP contribution >= 0.6 is 0 Å². The van der Waals surface area contributed by atoms with Gasteiger partial charge in [-0.1, -0.05) is 24.0 Å². The normalized spacial score (nSPS) is 25.1. The number of rotatable bonds is 5. The first-order valence-electron chi connectivity index (χ1n) is 9.46. The molecule has 0 bridgehead atoms. The molecule has 5 heteroatoms. The molecule has 1 aliphatic carbocycles. The summed E-state index contributed by atoms with van der Waals surface area (Å²) >= 11 is 0. The summed E-state index contributed by atoms with van der Waals surface area (Å²) in [7, 11) is 1.51. The van der Waals surface area contributed by atoms with E-state index in [1.165, 1.54) is 7.11 Å². The Morgan fingerprint density at radius 3 is 2.68 bits per heavy atom. The van der Waals surface area contributed by atoms with Gasteiger partial charge in [0.25, 0.3) is 0 Å². The number of benzene rings is 1. The summed E-state index contributed by atoms with van der Waals surface area (Å²) < 4.78 is 11.5. The number of phenolic OH excluding ortho intramolecular Hbond substituents is 1. The Labute approximate surface area is 165 Å². The highest BCUT2D eigenvalue weighted by Crippen LogP contribution is 2.35. The highest BCUT2D eigenvalue weighted by atomic mass is 16.5. The molecule has 2 N–H and O–H groups in total. The molecule has 0 saturated heterocycles. The van der Waals surface area contributed by atoms with Crippen molar-refractivity contribution in [2.24, 2.45) is 5.92 Å². The summed E-state index contributed by atoms with van der Waals surface area (Å²) in [4.78, 5) is 12.9. The van der Waals surface area contributed by atoms with Crippen molar-refractivity contribution in [1.82, 2.24) is 0 Å². The number of aryl methyl sites for hydroxylation is 1. The topological polar surface area (TPSA) is 76.0 Å². The van der Waals surface area contributed by atoms with Gasteiger partial charge in [-0.25, -0.2) is 0 Å². The molecule has 0 amide bonds. The van der Waals surface area contributed by atoms with Crippen LogP contribution in [-0.4, -0.2) is 34.8 Å². The van der Waals surface area contributed by atoms with Crippen LogP contribution in [-0.2, 0) is 20.7 Å². The first kappa shape index (κ1) is 20.0. The van der Waals surface area contributed by atoms with Gasteiger partial charge in [0.1, 0.15) is 34.9 Å². The lowest BCUT2D eigenvalue weighted by atomic mass is 9.88. The fraction of sp³-hybridized carbons (Fsp3) is 0.435. The van der Waals surface area contributed by atoms with Crippen molar-refractivity contribution in [3.05, 3.63) is 53.0 Å². The summed E-state index contributed by atoms with van der Waals surface area (Å²) in [5, 5.41) is 19.8. The molecule has 1 aromatic carbocycles. The van der Waals surface area contributed by atoms with Crippen LogP contribution in [0.5, 0.6) is 5.75 Å². The van der Waals surface area contributed by atoms with Gasteiger partial charge in [0.05, 0.1) is 7.11 Å². The van der Waals surface area contributed by atoms with Gasteiger partial charge in [-0.2, -0.15) is 0 Å². The quantitative estimate of drug-likeness (QED) is 0.765. The van der Waals surface area contributed by atoms with Crippen LogP contribution in [0.25, 0.3) is 0 Å². The lowest BCUT2D eigenvalue weighted by molar-refractivity contribution is -0.121. The number of carbonyl (C=O) groups is 1. The number of hydrogen-bond donors (Lipinski definition) is 2. The van der Waals surface area contributed by atoms with Crippen LogP contribution < -0.4 is 0 Å². The Bertz CT molecular complexity index is 864. The van der Waals surface area contributed by atoms with Crippen LogP contribution in [0.15, 0.2) is 47.4 Å². The predicted molar refractivity (Wildman–Crippen MR) is 105 cm³/mol. The van der Waals surface area contributed by atoms with E-state index in [0.717, 1.165) is 17.6 Å². The van der Waals surface area contributed by atoms with Crippen molar-refractivity contribution >= 4 is 5.78 Å². The second-order valence-corrected chi connectivity index (χ2v) is 7.76. The van der Waals surface area contributed by atoms with E-state index in [4.69, 9.17) is 9.47 Å². The highest BCUT2D eigenvalue weighted by Gasteiger charge is 2.33. The number of hydrogen-bond acceptors (Lipinski definition) is 5. The zero-order chi connectivity index (χ0) is 20.3. The van der Waals surface area contributed by atoms with Crippen molar-refractivity contribution in [2.45, 2.75) is 51.2 Å². The number of Topliss-reactive ketones (excluding diaryl/α,β-unsaturated/α-hetero) is 1. The minimum absolute atomic E-state index is 0.0833. The van der Waals surface area contributed by atoms with E-state index in [0.29, 0.717) is 24.4 Å². The van der Waals surface area contributed by atoms with Crippen molar-refractivity contribution in [1.29, 1.82) is 0 Å². The van der Waals surface area contributed by atoms with E-state index in [-0.39, 0.29) is 23.6 Å². The average molecular weight is 382 g/mol. The lowest BCUT2D eigenvalue weighted by Gasteiger charge is -2.35. The summed E-state index contributed by atoms with van der Waals surface area (Å²) in [6.07, 6.45) is 3.04. The van der Waals surface area contributed by atoms with E-state index in [2.05, 4.69) is 11.8 Å². The summed E-state index contributed by atoms with van der Waals surface area (Å²) in [5.41, 5.74) is 1.34. The van der Waals surface area contributed by atoms with E-state index in [1.54, 1.807) is 30.3 Å². The van der Waals surface area contributed by atoms with Gasteiger partial charge < -0.3 is 19.7 Å². The average Bonchev–Trinajstić information content (AvgIpc) is 2.64. The van der Waals surface area contributed by atoms with E-state index >= 15 is 0 Å². The Balaban J connectivity index is 1.82. The number of aliphatic hydroxyl groups excluding tert-OH is 1. The Kier molecular flexibility index (Phi) is 5.81. The van der Waals surface area contributed by atoms with Crippen molar-refractivity contribution in [3.63, 3.8) is 0 Å². The standard InChI is InChI=1S/C23H26O5/c1-23(2)13-12-18-20(26)11-9-17(21(27-3)14-22(18)28-23)19(25)10-6-15-4-7-16(24)8-5-15/h4-5,7-8,14,17,20,24,26H,6,10,12-13H2,1-3H3/b21-14+. The highest BCUT2D eigenvalue weighted by molar-refractivity contribution is 5.86. The van der Waals surface area contributed by atoms with Gasteiger partial charge in [0, 0.05) is 18.1 Å². The first-order valence-corrected chi connectivity index (χ1v) is 9.46. The third kappa shape index (κ3) is 4.58. The van der Waals surface area contributed by atoms with Crippen LogP contribution in [0, 0.1) is 17.8 Å². The van der Waals surface area contributed by atoms with Crippen molar-refractivity contribution < 1.29 is 24.5 Å². The first-order chi connectivity index (χ1) is 13.3. The van der Waals surface area contributed by atoms with Gasteiger partial charge in [-0.05, 0) is 50.8 Å². The molecule has 0 spiro atoms. The molecule has 0 fully saturated rings. The molecule has 2 unspecified atom stereocenters. The molecule has 1 aromatic rings. The molecule has 0 radical (unpaired) electrons. The smallest absolute Gasteiger partial charge is 0.155 e. The largest absolute Gasteiger partial charge is 0.508 e. The van der Waals surface area contributed by atoms with Crippen LogP contribution in [0.3, 0.4) is 0 Å². The van der Waals surface area contributed by atoms with Gasteiger partial charge >= 0.3 is 0 Å². The Morgan fingerprint density at radius 2 is 2.00 bits per heavy atom. The number of aliphatic hydroxyl groups is 1. The zero-order valence-corrected chi connectivity index (χ0v) is 16.5. The number of ether oxygens (including phenoxy) is 2.